The van der Waals surface area contributed by atoms with Crippen molar-refractivity contribution in [3.63, 3.8) is 0 Å². The van der Waals surface area contributed by atoms with Gasteiger partial charge < -0.3 is 19.8 Å². The van der Waals surface area contributed by atoms with E-state index in [9.17, 15) is 23.2 Å². The molecular weight excluding hydrogens is 372 g/mol. The summed E-state index contributed by atoms with van der Waals surface area (Å²) in [7, 11) is 3.32. The molecule has 0 aliphatic carbocycles. The first kappa shape index (κ1) is 21.6. The Morgan fingerprint density at radius 3 is 2.32 bits per heavy atom. The fourth-order valence-corrected chi connectivity index (χ4v) is 3.21. The molecule has 1 aliphatic rings. The molecule has 1 aliphatic heterocycles. The van der Waals surface area contributed by atoms with E-state index in [1.54, 1.807) is 19.0 Å². The molecule has 1 saturated heterocycles. The number of benzene rings is 1. The van der Waals surface area contributed by atoms with Gasteiger partial charge in [-0.15, -0.1) is 0 Å². The molecule has 3 amide bonds. The van der Waals surface area contributed by atoms with Crippen molar-refractivity contribution in [2.45, 2.75) is 25.8 Å². The van der Waals surface area contributed by atoms with Crippen LogP contribution in [0.15, 0.2) is 18.2 Å². The Kier molecular flexibility index (Phi) is 7.31. The highest BCUT2D eigenvalue weighted by Crippen LogP contribution is 2.22. The molecule has 9 heteroatoms. The predicted octanol–water partition coefficient (Wildman–Crippen LogP) is 2.16. The lowest BCUT2D eigenvalue weighted by molar-refractivity contribution is -0.140. The molecule has 0 saturated carbocycles. The molecule has 2 rings (SSSR count). The van der Waals surface area contributed by atoms with E-state index in [1.165, 1.54) is 15.9 Å². The highest BCUT2D eigenvalue weighted by molar-refractivity contribution is 5.80. The summed E-state index contributed by atoms with van der Waals surface area (Å²) in [6.07, 6.45) is 0.701. The van der Waals surface area contributed by atoms with Gasteiger partial charge in [0, 0.05) is 46.2 Å². The summed E-state index contributed by atoms with van der Waals surface area (Å²) in [4.78, 5) is 40.4. The third kappa shape index (κ3) is 5.64. The highest BCUT2D eigenvalue weighted by Gasteiger charge is 2.31. The molecular formula is C19H25F2N3O4. The topological polar surface area (TPSA) is 81.2 Å². The highest BCUT2D eigenvalue weighted by atomic mass is 19.2. The summed E-state index contributed by atoms with van der Waals surface area (Å²) in [5.74, 6) is -3.62. The number of aliphatic carboxylic acids is 1. The summed E-state index contributed by atoms with van der Waals surface area (Å²) in [6, 6.07) is 3.25. The summed E-state index contributed by atoms with van der Waals surface area (Å²) < 4.78 is 26.6. The summed E-state index contributed by atoms with van der Waals surface area (Å²) in [5, 5.41) is 8.95. The van der Waals surface area contributed by atoms with Crippen LogP contribution < -0.4 is 0 Å². The zero-order chi connectivity index (χ0) is 20.8. The van der Waals surface area contributed by atoms with Gasteiger partial charge in [0.05, 0.1) is 6.42 Å². The first-order valence-electron chi connectivity index (χ1n) is 9.09. The lowest BCUT2D eigenvalue weighted by atomic mass is 9.95. The SMILES string of the molecule is CN(C)C(=O)N1CCC(C(=O)N(CCC(=O)O)Cc2ccc(F)c(F)c2)CC1. The van der Waals surface area contributed by atoms with Gasteiger partial charge in [-0.05, 0) is 30.5 Å². The maximum absolute atomic E-state index is 13.5. The van der Waals surface area contributed by atoms with Gasteiger partial charge >= 0.3 is 12.0 Å². The average Bonchev–Trinajstić information content (AvgIpc) is 2.66. The minimum absolute atomic E-state index is 0.000155. The van der Waals surface area contributed by atoms with Crippen molar-refractivity contribution in [3.8, 4) is 0 Å². The minimum atomic E-state index is -1.05. The molecule has 1 fully saturated rings. The standard InChI is InChI=1S/C19H25F2N3O4/c1-22(2)19(28)23-8-5-14(6-9-23)18(27)24(10-7-17(25)26)12-13-3-4-15(20)16(21)11-13/h3-4,11,14H,5-10,12H2,1-2H3,(H,25,26). The number of hydrogen-bond acceptors (Lipinski definition) is 3. The Bertz CT molecular complexity index is 734. The van der Waals surface area contributed by atoms with E-state index < -0.39 is 17.6 Å². The van der Waals surface area contributed by atoms with Crippen LogP contribution in [0.4, 0.5) is 13.6 Å². The number of halogens is 2. The van der Waals surface area contributed by atoms with Gasteiger partial charge in [0.2, 0.25) is 5.91 Å². The Balaban J connectivity index is 2.05. The molecule has 1 aromatic carbocycles. The van der Waals surface area contributed by atoms with Gasteiger partial charge in [0.15, 0.2) is 11.6 Å². The van der Waals surface area contributed by atoms with Crippen molar-refractivity contribution in [1.82, 2.24) is 14.7 Å². The first-order valence-corrected chi connectivity index (χ1v) is 9.09. The third-order valence-corrected chi connectivity index (χ3v) is 4.76. The zero-order valence-corrected chi connectivity index (χ0v) is 16.0. The summed E-state index contributed by atoms with van der Waals surface area (Å²) in [6.45, 7) is 0.848. The maximum atomic E-state index is 13.5. The van der Waals surface area contributed by atoms with Crippen molar-refractivity contribution < 1.29 is 28.3 Å². The molecule has 7 nitrogen and oxygen atoms in total. The number of carboxylic acid groups (broad SMARTS) is 1. The van der Waals surface area contributed by atoms with Crippen molar-refractivity contribution in [3.05, 3.63) is 35.4 Å². The van der Waals surface area contributed by atoms with Crippen molar-refractivity contribution >= 4 is 17.9 Å². The first-order chi connectivity index (χ1) is 13.2. The van der Waals surface area contributed by atoms with E-state index in [0.717, 1.165) is 12.1 Å². The number of rotatable bonds is 6. The average molecular weight is 397 g/mol. The molecule has 154 valence electrons. The largest absolute Gasteiger partial charge is 0.481 e. The number of hydrogen-bond donors (Lipinski definition) is 1. The Morgan fingerprint density at radius 2 is 1.79 bits per heavy atom. The van der Waals surface area contributed by atoms with Crippen LogP contribution >= 0.6 is 0 Å². The number of carbonyl (C=O) groups is 3. The second kappa shape index (κ2) is 9.48. The third-order valence-electron chi connectivity index (χ3n) is 4.76. The Hall–Kier alpha value is -2.71. The normalized spacial score (nSPS) is 14.6. The number of likely N-dealkylation sites (tertiary alicyclic amines) is 1. The molecule has 0 aromatic heterocycles. The smallest absolute Gasteiger partial charge is 0.319 e. The fourth-order valence-electron chi connectivity index (χ4n) is 3.21. The summed E-state index contributed by atoms with van der Waals surface area (Å²) in [5.41, 5.74) is 0.387. The number of carboxylic acids is 1. The molecule has 0 bridgehead atoms. The predicted molar refractivity (Wildman–Crippen MR) is 97.4 cm³/mol. The fraction of sp³-hybridized carbons (Fsp3) is 0.526. The van der Waals surface area contributed by atoms with E-state index in [-0.39, 0.29) is 37.4 Å². The van der Waals surface area contributed by atoms with Gasteiger partial charge in [-0.2, -0.15) is 0 Å². The second-order valence-corrected chi connectivity index (χ2v) is 7.09. The summed E-state index contributed by atoms with van der Waals surface area (Å²) >= 11 is 0. The molecule has 28 heavy (non-hydrogen) atoms. The van der Waals surface area contributed by atoms with Crippen LogP contribution in [0.2, 0.25) is 0 Å². The number of amides is 3. The van der Waals surface area contributed by atoms with Crippen LogP contribution in [0.1, 0.15) is 24.8 Å². The molecule has 0 spiro atoms. The Labute approximate surface area is 162 Å². The number of carbonyl (C=O) groups excluding carboxylic acids is 2. The molecule has 1 N–H and O–H groups in total. The molecule has 1 heterocycles. The number of piperidine rings is 1. The van der Waals surface area contributed by atoms with Crippen molar-refractivity contribution in [1.29, 1.82) is 0 Å². The van der Waals surface area contributed by atoms with Crippen LogP contribution in [0.3, 0.4) is 0 Å². The lowest BCUT2D eigenvalue weighted by Crippen LogP contribution is -2.47. The molecule has 0 unspecified atom stereocenters. The van der Waals surface area contributed by atoms with Gasteiger partial charge in [-0.3, -0.25) is 9.59 Å². The van der Waals surface area contributed by atoms with Gasteiger partial charge in [-0.25, -0.2) is 13.6 Å². The van der Waals surface area contributed by atoms with E-state index in [4.69, 9.17) is 5.11 Å². The van der Waals surface area contributed by atoms with Gasteiger partial charge in [0.25, 0.3) is 0 Å². The maximum Gasteiger partial charge on any atom is 0.319 e. The Morgan fingerprint density at radius 1 is 1.14 bits per heavy atom. The number of urea groups is 1. The van der Waals surface area contributed by atoms with E-state index in [2.05, 4.69) is 0 Å². The van der Waals surface area contributed by atoms with Crippen LogP contribution in [-0.2, 0) is 16.1 Å². The quantitative estimate of drug-likeness (QED) is 0.798. The second-order valence-electron chi connectivity index (χ2n) is 7.09. The van der Waals surface area contributed by atoms with Gasteiger partial charge in [0.1, 0.15) is 0 Å². The monoisotopic (exact) mass is 397 g/mol. The molecule has 1 aromatic rings. The van der Waals surface area contributed by atoms with Crippen molar-refractivity contribution in [2.75, 3.05) is 33.7 Å². The van der Waals surface area contributed by atoms with E-state index in [1.807, 2.05) is 0 Å². The van der Waals surface area contributed by atoms with E-state index >= 15 is 0 Å². The van der Waals surface area contributed by atoms with E-state index in [0.29, 0.717) is 31.5 Å². The van der Waals surface area contributed by atoms with Crippen LogP contribution in [0.25, 0.3) is 0 Å². The minimum Gasteiger partial charge on any atom is -0.481 e. The van der Waals surface area contributed by atoms with Gasteiger partial charge in [-0.1, -0.05) is 6.07 Å². The van der Waals surface area contributed by atoms with Crippen LogP contribution in [0.5, 0.6) is 0 Å². The lowest BCUT2D eigenvalue weighted by Gasteiger charge is -2.35. The molecule has 0 atom stereocenters. The van der Waals surface area contributed by atoms with Crippen molar-refractivity contribution in [2.24, 2.45) is 5.92 Å². The number of nitrogens with zero attached hydrogens (tertiary/aromatic N) is 3. The van der Waals surface area contributed by atoms with Crippen LogP contribution in [0, 0.1) is 17.6 Å². The van der Waals surface area contributed by atoms with Crippen LogP contribution in [-0.4, -0.2) is 71.4 Å². The molecule has 0 radical (unpaired) electrons. The zero-order valence-electron chi connectivity index (χ0n) is 16.0.